The summed E-state index contributed by atoms with van der Waals surface area (Å²) in [6, 6.07) is 4.42. The SMILES string of the molecule is CNc1ncc(C)c(Oc2ccc(F)c(Br)c2)n1. The lowest BCUT2D eigenvalue weighted by molar-refractivity contribution is 0.456. The second-order valence-corrected chi connectivity index (χ2v) is 4.46. The van der Waals surface area contributed by atoms with E-state index in [0.29, 0.717) is 22.1 Å². The predicted octanol–water partition coefficient (Wildman–Crippen LogP) is 3.52. The lowest BCUT2D eigenvalue weighted by Crippen LogP contribution is -1.99. The van der Waals surface area contributed by atoms with E-state index in [0.717, 1.165) is 5.56 Å². The minimum absolute atomic E-state index is 0.335. The number of aryl methyl sites for hydroxylation is 1. The van der Waals surface area contributed by atoms with Crippen molar-refractivity contribution in [3.63, 3.8) is 0 Å². The largest absolute Gasteiger partial charge is 0.439 e. The summed E-state index contributed by atoms with van der Waals surface area (Å²) in [5, 5.41) is 2.83. The van der Waals surface area contributed by atoms with Gasteiger partial charge in [-0.3, -0.25) is 0 Å². The summed E-state index contributed by atoms with van der Waals surface area (Å²) in [5.74, 6) is 1.08. The monoisotopic (exact) mass is 311 g/mol. The van der Waals surface area contributed by atoms with Gasteiger partial charge in [0.25, 0.3) is 0 Å². The first-order valence-corrected chi connectivity index (χ1v) is 6.03. The molecule has 2 rings (SSSR count). The smallest absolute Gasteiger partial charge is 0.226 e. The lowest BCUT2D eigenvalue weighted by atomic mass is 10.3. The van der Waals surface area contributed by atoms with E-state index < -0.39 is 0 Å². The number of rotatable bonds is 3. The number of ether oxygens (including phenoxy) is 1. The van der Waals surface area contributed by atoms with Crippen molar-refractivity contribution < 1.29 is 9.13 Å². The molecule has 0 aliphatic heterocycles. The fraction of sp³-hybridized carbons (Fsp3) is 0.167. The molecule has 0 saturated heterocycles. The van der Waals surface area contributed by atoms with E-state index in [2.05, 4.69) is 31.2 Å². The van der Waals surface area contributed by atoms with Crippen LogP contribution >= 0.6 is 15.9 Å². The zero-order valence-electron chi connectivity index (χ0n) is 9.87. The number of hydrogen-bond acceptors (Lipinski definition) is 4. The standard InChI is InChI=1S/C12H11BrFN3O/c1-7-6-16-12(15-2)17-11(7)18-8-3-4-10(14)9(13)5-8/h3-6H,1-2H3,(H,15,16,17). The van der Waals surface area contributed by atoms with Gasteiger partial charge < -0.3 is 10.1 Å². The number of nitrogens with one attached hydrogen (secondary N) is 1. The molecule has 18 heavy (non-hydrogen) atoms. The summed E-state index contributed by atoms with van der Waals surface area (Å²) in [7, 11) is 1.73. The van der Waals surface area contributed by atoms with Crippen LogP contribution in [0.5, 0.6) is 11.6 Å². The fourth-order valence-corrected chi connectivity index (χ4v) is 1.66. The van der Waals surface area contributed by atoms with E-state index in [1.165, 1.54) is 6.07 Å². The van der Waals surface area contributed by atoms with Crippen molar-refractivity contribution in [2.24, 2.45) is 0 Å². The minimum atomic E-state index is -0.335. The highest BCUT2D eigenvalue weighted by molar-refractivity contribution is 9.10. The van der Waals surface area contributed by atoms with Crippen molar-refractivity contribution in [3.05, 3.63) is 40.2 Å². The van der Waals surface area contributed by atoms with E-state index >= 15 is 0 Å². The summed E-state index contributed by atoms with van der Waals surface area (Å²) in [6.07, 6.45) is 1.66. The van der Waals surface area contributed by atoms with Gasteiger partial charge in [0.2, 0.25) is 11.8 Å². The lowest BCUT2D eigenvalue weighted by Gasteiger charge is -2.09. The zero-order valence-corrected chi connectivity index (χ0v) is 11.5. The molecule has 2 aromatic rings. The molecule has 1 aromatic carbocycles. The third kappa shape index (κ3) is 2.76. The first-order chi connectivity index (χ1) is 8.60. The van der Waals surface area contributed by atoms with Crippen molar-refractivity contribution in [3.8, 4) is 11.6 Å². The van der Waals surface area contributed by atoms with Gasteiger partial charge in [-0.25, -0.2) is 9.37 Å². The predicted molar refractivity (Wildman–Crippen MR) is 70.5 cm³/mol. The van der Waals surface area contributed by atoms with Gasteiger partial charge in [0.15, 0.2) is 0 Å². The van der Waals surface area contributed by atoms with Crippen LogP contribution in [-0.4, -0.2) is 17.0 Å². The van der Waals surface area contributed by atoms with Crippen LogP contribution in [0.1, 0.15) is 5.56 Å². The average Bonchev–Trinajstić information content (AvgIpc) is 2.36. The fourth-order valence-electron chi connectivity index (χ4n) is 1.30. The van der Waals surface area contributed by atoms with Gasteiger partial charge in [0.1, 0.15) is 11.6 Å². The molecule has 0 saturated carbocycles. The molecule has 1 heterocycles. The normalized spacial score (nSPS) is 10.2. The van der Waals surface area contributed by atoms with Crippen molar-refractivity contribution in [1.29, 1.82) is 0 Å². The van der Waals surface area contributed by atoms with Gasteiger partial charge in [-0.2, -0.15) is 4.98 Å². The van der Waals surface area contributed by atoms with E-state index in [1.54, 1.807) is 25.4 Å². The highest BCUT2D eigenvalue weighted by atomic mass is 79.9. The molecule has 1 aromatic heterocycles. The highest BCUT2D eigenvalue weighted by Gasteiger charge is 2.07. The average molecular weight is 312 g/mol. The molecule has 4 nitrogen and oxygen atoms in total. The third-order valence-electron chi connectivity index (χ3n) is 2.25. The van der Waals surface area contributed by atoms with E-state index in [9.17, 15) is 4.39 Å². The molecule has 0 radical (unpaired) electrons. The maximum Gasteiger partial charge on any atom is 0.226 e. The summed E-state index contributed by atoms with van der Waals surface area (Å²) >= 11 is 3.11. The van der Waals surface area contributed by atoms with E-state index in [4.69, 9.17) is 4.74 Å². The van der Waals surface area contributed by atoms with Crippen LogP contribution in [0.4, 0.5) is 10.3 Å². The quantitative estimate of drug-likeness (QED) is 0.942. The van der Waals surface area contributed by atoms with Crippen LogP contribution in [0, 0.1) is 12.7 Å². The van der Waals surface area contributed by atoms with Crippen LogP contribution in [0.2, 0.25) is 0 Å². The van der Waals surface area contributed by atoms with E-state index in [-0.39, 0.29) is 5.82 Å². The summed E-state index contributed by atoms with van der Waals surface area (Å²) in [6.45, 7) is 1.84. The summed E-state index contributed by atoms with van der Waals surface area (Å²) in [5.41, 5.74) is 0.800. The molecule has 0 aliphatic carbocycles. The van der Waals surface area contributed by atoms with E-state index in [1.807, 2.05) is 6.92 Å². The Morgan fingerprint density at radius 1 is 1.39 bits per heavy atom. The number of benzene rings is 1. The van der Waals surface area contributed by atoms with Gasteiger partial charge in [-0.1, -0.05) is 0 Å². The van der Waals surface area contributed by atoms with Crippen molar-refractivity contribution in [1.82, 2.24) is 9.97 Å². The molecular weight excluding hydrogens is 301 g/mol. The number of anilines is 1. The Bertz CT molecular complexity index is 577. The molecule has 0 fully saturated rings. The molecule has 6 heteroatoms. The number of hydrogen-bond donors (Lipinski definition) is 1. The molecule has 0 bridgehead atoms. The first kappa shape index (κ1) is 12.8. The Labute approximate surface area is 112 Å². The number of nitrogens with zero attached hydrogens (tertiary/aromatic N) is 2. The molecule has 0 amide bonds. The van der Waals surface area contributed by atoms with Crippen molar-refractivity contribution in [2.45, 2.75) is 6.92 Å². The Morgan fingerprint density at radius 2 is 2.17 bits per heavy atom. The minimum Gasteiger partial charge on any atom is -0.439 e. The second-order valence-electron chi connectivity index (χ2n) is 3.61. The maximum atomic E-state index is 13.1. The van der Waals surface area contributed by atoms with Gasteiger partial charge in [-0.05, 0) is 41.1 Å². The van der Waals surface area contributed by atoms with Gasteiger partial charge in [0, 0.05) is 18.8 Å². The Hall–Kier alpha value is -1.69. The number of halogens is 2. The van der Waals surface area contributed by atoms with Crippen LogP contribution in [0.15, 0.2) is 28.9 Å². The van der Waals surface area contributed by atoms with Crippen molar-refractivity contribution >= 4 is 21.9 Å². The van der Waals surface area contributed by atoms with Crippen molar-refractivity contribution in [2.75, 3.05) is 12.4 Å². The Kier molecular flexibility index (Phi) is 3.76. The topological polar surface area (TPSA) is 47.0 Å². The molecule has 0 spiro atoms. The molecule has 94 valence electrons. The van der Waals surface area contributed by atoms with Crippen LogP contribution < -0.4 is 10.1 Å². The zero-order chi connectivity index (χ0) is 13.1. The number of aromatic nitrogens is 2. The second kappa shape index (κ2) is 5.30. The van der Waals surface area contributed by atoms with Gasteiger partial charge >= 0.3 is 0 Å². The highest BCUT2D eigenvalue weighted by Crippen LogP contribution is 2.27. The van der Waals surface area contributed by atoms with Crippen LogP contribution in [0.25, 0.3) is 0 Å². The van der Waals surface area contributed by atoms with Gasteiger partial charge in [-0.15, -0.1) is 0 Å². The summed E-state index contributed by atoms with van der Waals surface area (Å²) in [4.78, 5) is 8.24. The van der Waals surface area contributed by atoms with Crippen LogP contribution in [0.3, 0.4) is 0 Å². The molecule has 0 unspecified atom stereocenters. The summed E-state index contributed by atoms with van der Waals surface area (Å²) < 4.78 is 19.0. The molecular formula is C12H11BrFN3O. The Morgan fingerprint density at radius 3 is 2.83 bits per heavy atom. The van der Waals surface area contributed by atoms with Gasteiger partial charge in [0.05, 0.1) is 4.47 Å². The Balaban J connectivity index is 2.30. The molecule has 1 N–H and O–H groups in total. The molecule has 0 atom stereocenters. The maximum absolute atomic E-state index is 13.1. The third-order valence-corrected chi connectivity index (χ3v) is 2.86. The molecule has 0 aliphatic rings. The first-order valence-electron chi connectivity index (χ1n) is 5.24. The van der Waals surface area contributed by atoms with Crippen LogP contribution in [-0.2, 0) is 0 Å².